The number of rotatable bonds is 5. The highest BCUT2D eigenvalue weighted by Gasteiger charge is 2.32. The molecule has 1 aliphatic rings. The first kappa shape index (κ1) is 20.4. The summed E-state index contributed by atoms with van der Waals surface area (Å²) in [5.74, 6) is 3.36. The fourth-order valence-corrected chi connectivity index (χ4v) is 4.80. The molecule has 152 valence electrons. The summed E-state index contributed by atoms with van der Waals surface area (Å²) < 4.78 is 0. The standard InChI is InChI=1S/C26H25ClN2O/c1-2-5-23(26(30)29-21-14-12-20(27)13-15-21)19-10-8-18(9-11-19)22-16-17-28-25-7-4-3-6-24(22)25/h1,3-4,6-7,12-19,23H,5,8-11H2,(H,29,30)/t18-,19+,23-/m1/s1. The Labute approximate surface area is 182 Å². The van der Waals surface area contributed by atoms with Gasteiger partial charge < -0.3 is 5.32 Å². The minimum atomic E-state index is -0.166. The van der Waals surface area contributed by atoms with Crippen molar-refractivity contribution in [3.63, 3.8) is 0 Å². The van der Waals surface area contributed by atoms with Crippen molar-refractivity contribution in [2.45, 2.75) is 38.0 Å². The van der Waals surface area contributed by atoms with Gasteiger partial charge in [-0.25, -0.2) is 0 Å². The molecule has 1 atom stereocenters. The molecule has 2 aromatic carbocycles. The summed E-state index contributed by atoms with van der Waals surface area (Å²) in [6, 6.07) is 17.7. The Balaban J connectivity index is 1.44. The number of nitrogens with zero attached hydrogens (tertiary/aromatic N) is 1. The second kappa shape index (κ2) is 9.32. The van der Waals surface area contributed by atoms with Crippen LogP contribution in [0, 0.1) is 24.2 Å². The molecule has 4 heteroatoms. The maximum Gasteiger partial charge on any atom is 0.228 e. The number of pyridine rings is 1. The topological polar surface area (TPSA) is 42.0 Å². The van der Waals surface area contributed by atoms with Crippen molar-refractivity contribution in [1.82, 2.24) is 4.98 Å². The molecule has 0 unspecified atom stereocenters. The van der Waals surface area contributed by atoms with E-state index < -0.39 is 0 Å². The van der Waals surface area contributed by atoms with E-state index >= 15 is 0 Å². The van der Waals surface area contributed by atoms with Crippen LogP contribution in [0.15, 0.2) is 60.8 Å². The van der Waals surface area contributed by atoms with Crippen LogP contribution in [0.4, 0.5) is 5.69 Å². The second-order valence-electron chi connectivity index (χ2n) is 8.04. The van der Waals surface area contributed by atoms with Gasteiger partial charge in [-0.1, -0.05) is 29.8 Å². The van der Waals surface area contributed by atoms with Crippen LogP contribution in [0.25, 0.3) is 10.9 Å². The van der Waals surface area contributed by atoms with Crippen LogP contribution in [0.2, 0.25) is 5.02 Å². The first-order valence-electron chi connectivity index (χ1n) is 10.5. The van der Waals surface area contributed by atoms with E-state index in [0.717, 1.165) is 36.9 Å². The average Bonchev–Trinajstić information content (AvgIpc) is 2.79. The lowest BCUT2D eigenvalue weighted by atomic mass is 9.72. The number of hydrogen-bond donors (Lipinski definition) is 1. The van der Waals surface area contributed by atoms with Crippen molar-refractivity contribution in [3.8, 4) is 12.3 Å². The molecule has 30 heavy (non-hydrogen) atoms. The van der Waals surface area contributed by atoms with Gasteiger partial charge in [-0.05, 0) is 79.5 Å². The minimum Gasteiger partial charge on any atom is -0.326 e. The Bertz CT molecular complexity index is 1060. The lowest BCUT2D eigenvalue weighted by molar-refractivity contribution is -0.121. The monoisotopic (exact) mass is 416 g/mol. The van der Waals surface area contributed by atoms with Crippen molar-refractivity contribution in [3.05, 3.63) is 71.4 Å². The molecular formula is C26H25ClN2O. The summed E-state index contributed by atoms with van der Waals surface area (Å²) in [5, 5.41) is 4.91. The molecule has 0 aliphatic heterocycles. The summed E-state index contributed by atoms with van der Waals surface area (Å²) in [5.41, 5.74) is 3.17. The van der Waals surface area contributed by atoms with Crippen molar-refractivity contribution in [2.75, 3.05) is 5.32 Å². The Hall–Kier alpha value is -2.83. The number of hydrogen-bond acceptors (Lipinski definition) is 2. The van der Waals surface area contributed by atoms with E-state index in [-0.39, 0.29) is 11.8 Å². The maximum atomic E-state index is 13.0. The molecule has 3 nitrogen and oxygen atoms in total. The number of nitrogens with one attached hydrogen (secondary N) is 1. The molecule has 0 bridgehead atoms. The molecule has 0 radical (unpaired) electrons. The number of anilines is 1. The second-order valence-corrected chi connectivity index (χ2v) is 8.48. The van der Waals surface area contributed by atoms with E-state index in [4.69, 9.17) is 18.0 Å². The highest BCUT2D eigenvalue weighted by molar-refractivity contribution is 6.30. The number of halogens is 1. The fourth-order valence-electron chi connectivity index (χ4n) is 4.68. The smallest absolute Gasteiger partial charge is 0.228 e. The van der Waals surface area contributed by atoms with Gasteiger partial charge in [-0.15, -0.1) is 12.3 Å². The highest BCUT2D eigenvalue weighted by Crippen LogP contribution is 2.41. The van der Waals surface area contributed by atoms with Gasteiger partial charge in [0.15, 0.2) is 0 Å². The summed E-state index contributed by atoms with van der Waals surface area (Å²) in [4.78, 5) is 17.5. The molecule has 1 fully saturated rings. The van der Waals surface area contributed by atoms with Crippen LogP contribution in [0.1, 0.15) is 43.6 Å². The van der Waals surface area contributed by atoms with Crippen molar-refractivity contribution in [1.29, 1.82) is 0 Å². The first-order valence-corrected chi connectivity index (χ1v) is 10.9. The van der Waals surface area contributed by atoms with E-state index in [1.807, 2.05) is 24.4 Å². The van der Waals surface area contributed by atoms with Crippen molar-refractivity contribution < 1.29 is 4.79 Å². The zero-order valence-electron chi connectivity index (χ0n) is 16.9. The third-order valence-electron chi connectivity index (χ3n) is 6.25. The summed E-state index contributed by atoms with van der Waals surface area (Å²) in [7, 11) is 0. The number of para-hydroxylation sites is 1. The van der Waals surface area contributed by atoms with Crippen LogP contribution in [0.5, 0.6) is 0 Å². The Morgan fingerprint density at radius 2 is 1.83 bits per heavy atom. The van der Waals surface area contributed by atoms with Gasteiger partial charge in [-0.3, -0.25) is 9.78 Å². The minimum absolute atomic E-state index is 0.00748. The van der Waals surface area contributed by atoms with Crippen LogP contribution in [-0.2, 0) is 4.79 Å². The third kappa shape index (κ3) is 4.50. The number of terminal acetylenes is 1. The van der Waals surface area contributed by atoms with Crippen LogP contribution < -0.4 is 5.32 Å². The zero-order valence-corrected chi connectivity index (χ0v) is 17.6. The van der Waals surface area contributed by atoms with Gasteiger partial charge in [0.1, 0.15) is 0 Å². The van der Waals surface area contributed by atoms with Gasteiger partial charge in [0.05, 0.1) is 11.4 Å². The molecule has 3 aromatic rings. The molecule has 1 saturated carbocycles. The number of amides is 1. The molecule has 1 amide bonds. The number of carbonyl (C=O) groups excluding carboxylic acids is 1. The van der Waals surface area contributed by atoms with E-state index in [1.165, 1.54) is 10.9 Å². The van der Waals surface area contributed by atoms with E-state index in [0.29, 0.717) is 23.3 Å². The van der Waals surface area contributed by atoms with E-state index in [9.17, 15) is 4.79 Å². The molecule has 1 N–H and O–H groups in total. The molecular weight excluding hydrogens is 392 g/mol. The first-order chi connectivity index (χ1) is 14.7. The van der Waals surface area contributed by atoms with E-state index in [2.05, 4.69) is 40.5 Å². The molecule has 4 rings (SSSR count). The normalized spacial score (nSPS) is 19.7. The maximum absolute atomic E-state index is 13.0. The van der Waals surface area contributed by atoms with Gasteiger partial charge >= 0.3 is 0 Å². The lowest BCUT2D eigenvalue weighted by Gasteiger charge is -2.33. The fraction of sp³-hybridized carbons (Fsp3) is 0.308. The quantitative estimate of drug-likeness (QED) is 0.486. The average molecular weight is 417 g/mol. The third-order valence-corrected chi connectivity index (χ3v) is 6.50. The van der Waals surface area contributed by atoms with Crippen molar-refractivity contribution >= 4 is 34.1 Å². The molecule has 0 spiro atoms. The number of carbonyl (C=O) groups is 1. The zero-order chi connectivity index (χ0) is 20.9. The van der Waals surface area contributed by atoms with Gasteiger partial charge in [0.2, 0.25) is 5.91 Å². The Morgan fingerprint density at radius 1 is 1.10 bits per heavy atom. The van der Waals surface area contributed by atoms with Crippen LogP contribution in [0.3, 0.4) is 0 Å². The van der Waals surface area contributed by atoms with E-state index in [1.54, 1.807) is 12.1 Å². The molecule has 1 aliphatic carbocycles. The SMILES string of the molecule is C#CC[C@@H](C(=O)Nc1ccc(Cl)cc1)[C@H]1CC[C@@H](c2ccnc3ccccc32)CC1. The molecule has 1 aromatic heterocycles. The Morgan fingerprint density at radius 3 is 2.57 bits per heavy atom. The summed E-state index contributed by atoms with van der Waals surface area (Å²) >= 11 is 5.94. The predicted octanol–water partition coefficient (Wildman–Crippen LogP) is 6.44. The highest BCUT2D eigenvalue weighted by atomic mass is 35.5. The predicted molar refractivity (Wildman–Crippen MR) is 123 cm³/mol. The summed E-state index contributed by atoms with van der Waals surface area (Å²) in [6.07, 6.45) is 12.1. The van der Waals surface area contributed by atoms with Crippen LogP contribution >= 0.6 is 11.6 Å². The Kier molecular flexibility index (Phi) is 6.35. The summed E-state index contributed by atoms with van der Waals surface area (Å²) in [6.45, 7) is 0. The van der Waals surface area contributed by atoms with Crippen LogP contribution in [-0.4, -0.2) is 10.9 Å². The van der Waals surface area contributed by atoms with Gasteiger partial charge in [0, 0.05) is 28.7 Å². The van der Waals surface area contributed by atoms with Gasteiger partial charge in [-0.2, -0.15) is 0 Å². The number of fused-ring (bicyclic) bond motifs is 1. The molecule has 0 saturated heterocycles. The van der Waals surface area contributed by atoms with Crippen molar-refractivity contribution in [2.24, 2.45) is 11.8 Å². The largest absolute Gasteiger partial charge is 0.326 e. The number of aromatic nitrogens is 1. The number of benzene rings is 2. The van der Waals surface area contributed by atoms with Gasteiger partial charge in [0.25, 0.3) is 0 Å². The lowest BCUT2D eigenvalue weighted by Crippen LogP contribution is -2.31. The molecule has 1 heterocycles.